The standard InChI is InChI=1S/C13H19NO4/c1-8(2)12(13(17)18-3)14-7-9-4-5-10(15)11(16)6-9/h4-6,8,12,14-16H,7H2,1-3H3. The van der Waals surface area contributed by atoms with Crippen molar-refractivity contribution in [3.63, 3.8) is 0 Å². The van der Waals surface area contributed by atoms with Gasteiger partial charge in [0.2, 0.25) is 0 Å². The fourth-order valence-corrected chi connectivity index (χ4v) is 1.62. The number of methoxy groups -OCH3 is 1. The van der Waals surface area contributed by atoms with Crippen LogP contribution in [0.3, 0.4) is 0 Å². The van der Waals surface area contributed by atoms with Gasteiger partial charge in [-0.2, -0.15) is 0 Å². The number of phenols is 2. The minimum atomic E-state index is -0.397. The molecule has 0 bridgehead atoms. The number of rotatable bonds is 5. The van der Waals surface area contributed by atoms with Crippen molar-refractivity contribution in [2.75, 3.05) is 7.11 Å². The van der Waals surface area contributed by atoms with Crippen LogP contribution in [0.5, 0.6) is 11.5 Å². The lowest BCUT2D eigenvalue weighted by molar-refractivity contribution is -0.144. The molecule has 1 aromatic rings. The van der Waals surface area contributed by atoms with E-state index in [1.54, 1.807) is 6.07 Å². The molecule has 0 aliphatic heterocycles. The number of nitrogens with one attached hydrogen (secondary N) is 1. The van der Waals surface area contributed by atoms with E-state index in [0.29, 0.717) is 6.54 Å². The van der Waals surface area contributed by atoms with Crippen molar-refractivity contribution >= 4 is 5.97 Å². The molecule has 0 saturated heterocycles. The van der Waals surface area contributed by atoms with Crippen molar-refractivity contribution in [1.82, 2.24) is 5.32 Å². The Hall–Kier alpha value is -1.75. The number of carbonyl (C=O) groups is 1. The summed E-state index contributed by atoms with van der Waals surface area (Å²) in [6.07, 6.45) is 0. The molecule has 0 fully saturated rings. The van der Waals surface area contributed by atoms with E-state index < -0.39 is 6.04 Å². The van der Waals surface area contributed by atoms with Crippen LogP contribution in [-0.2, 0) is 16.1 Å². The molecule has 18 heavy (non-hydrogen) atoms. The highest BCUT2D eigenvalue weighted by Gasteiger charge is 2.22. The Bertz CT molecular complexity index is 417. The molecule has 5 nitrogen and oxygen atoms in total. The van der Waals surface area contributed by atoms with Gasteiger partial charge in [0, 0.05) is 6.54 Å². The fourth-order valence-electron chi connectivity index (χ4n) is 1.62. The molecule has 5 heteroatoms. The summed E-state index contributed by atoms with van der Waals surface area (Å²) in [5.74, 6) is -0.545. The molecule has 0 aromatic heterocycles. The number of phenolic OH excluding ortho intramolecular Hbond substituents is 2. The number of ether oxygens (including phenoxy) is 1. The summed E-state index contributed by atoms with van der Waals surface area (Å²) in [7, 11) is 1.35. The molecule has 0 saturated carbocycles. The average molecular weight is 253 g/mol. The van der Waals surface area contributed by atoms with Crippen LogP contribution in [0.4, 0.5) is 0 Å². The van der Waals surface area contributed by atoms with Gasteiger partial charge < -0.3 is 20.3 Å². The normalized spacial score (nSPS) is 12.4. The van der Waals surface area contributed by atoms with Crippen molar-refractivity contribution < 1.29 is 19.7 Å². The van der Waals surface area contributed by atoms with E-state index in [4.69, 9.17) is 4.74 Å². The van der Waals surface area contributed by atoms with Gasteiger partial charge in [0.1, 0.15) is 6.04 Å². The first-order valence-electron chi connectivity index (χ1n) is 5.77. The number of hydrogen-bond acceptors (Lipinski definition) is 5. The quantitative estimate of drug-likeness (QED) is 0.546. The van der Waals surface area contributed by atoms with Crippen LogP contribution >= 0.6 is 0 Å². The van der Waals surface area contributed by atoms with Crippen molar-refractivity contribution in [2.24, 2.45) is 5.92 Å². The Balaban J connectivity index is 2.67. The second-order valence-corrected chi connectivity index (χ2v) is 4.45. The van der Waals surface area contributed by atoms with Crippen LogP contribution in [0.1, 0.15) is 19.4 Å². The number of hydrogen-bond donors (Lipinski definition) is 3. The molecular weight excluding hydrogens is 234 g/mol. The summed E-state index contributed by atoms with van der Waals surface area (Å²) in [6.45, 7) is 4.25. The van der Waals surface area contributed by atoms with Gasteiger partial charge in [0.25, 0.3) is 0 Å². The number of carbonyl (C=O) groups excluding carboxylic acids is 1. The lowest BCUT2D eigenvalue weighted by atomic mass is 10.0. The third kappa shape index (κ3) is 3.63. The summed E-state index contributed by atoms with van der Waals surface area (Å²) < 4.78 is 4.71. The van der Waals surface area contributed by atoms with Gasteiger partial charge in [0.15, 0.2) is 11.5 Å². The molecule has 3 N–H and O–H groups in total. The predicted molar refractivity (Wildman–Crippen MR) is 67.3 cm³/mol. The summed E-state index contributed by atoms with van der Waals surface area (Å²) in [5, 5.41) is 21.6. The molecule has 0 heterocycles. The first kappa shape index (κ1) is 14.3. The summed E-state index contributed by atoms with van der Waals surface area (Å²) in [6, 6.07) is 4.15. The maximum atomic E-state index is 11.5. The van der Waals surface area contributed by atoms with E-state index >= 15 is 0 Å². The van der Waals surface area contributed by atoms with Gasteiger partial charge in [-0.05, 0) is 23.6 Å². The Labute approximate surface area is 106 Å². The van der Waals surface area contributed by atoms with E-state index in [1.807, 2.05) is 13.8 Å². The first-order valence-corrected chi connectivity index (χ1v) is 5.77. The number of benzene rings is 1. The smallest absolute Gasteiger partial charge is 0.323 e. The van der Waals surface area contributed by atoms with Gasteiger partial charge in [-0.3, -0.25) is 4.79 Å². The van der Waals surface area contributed by atoms with E-state index in [9.17, 15) is 15.0 Å². The Morgan fingerprint density at radius 1 is 1.33 bits per heavy atom. The Morgan fingerprint density at radius 3 is 2.50 bits per heavy atom. The fraction of sp³-hybridized carbons (Fsp3) is 0.462. The molecule has 1 aromatic carbocycles. The highest BCUT2D eigenvalue weighted by Crippen LogP contribution is 2.24. The third-order valence-corrected chi connectivity index (χ3v) is 2.69. The SMILES string of the molecule is COC(=O)C(NCc1ccc(O)c(O)c1)C(C)C. The largest absolute Gasteiger partial charge is 0.504 e. The van der Waals surface area contributed by atoms with Gasteiger partial charge >= 0.3 is 5.97 Å². The van der Waals surface area contributed by atoms with Gasteiger partial charge in [0.05, 0.1) is 7.11 Å². The van der Waals surface area contributed by atoms with E-state index in [-0.39, 0.29) is 23.4 Å². The molecule has 100 valence electrons. The highest BCUT2D eigenvalue weighted by atomic mass is 16.5. The zero-order valence-electron chi connectivity index (χ0n) is 10.8. The molecular formula is C13H19NO4. The molecule has 1 rings (SSSR count). The zero-order valence-corrected chi connectivity index (χ0v) is 10.8. The topological polar surface area (TPSA) is 78.8 Å². The van der Waals surface area contributed by atoms with Crippen LogP contribution in [0, 0.1) is 5.92 Å². The molecule has 0 radical (unpaired) electrons. The second kappa shape index (κ2) is 6.26. The van der Waals surface area contributed by atoms with E-state index in [1.165, 1.54) is 19.2 Å². The van der Waals surface area contributed by atoms with Crippen molar-refractivity contribution in [3.8, 4) is 11.5 Å². The summed E-state index contributed by atoms with van der Waals surface area (Å²) >= 11 is 0. The molecule has 1 atom stereocenters. The minimum absolute atomic E-state index is 0.100. The van der Waals surface area contributed by atoms with Crippen molar-refractivity contribution in [1.29, 1.82) is 0 Å². The number of aromatic hydroxyl groups is 2. The second-order valence-electron chi connectivity index (χ2n) is 4.45. The predicted octanol–water partition coefficient (Wildman–Crippen LogP) is 1.38. The third-order valence-electron chi connectivity index (χ3n) is 2.69. The minimum Gasteiger partial charge on any atom is -0.504 e. The number of esters is 1. The molecule has 0 spiro atoms. The molecule has 0 aliphatic rings. The highest BCUT2D eigenvalue weighted by molar-refractivity contribution is 5.75. The van der Waals surface area contributed by atoms with Gasteiger partial charge in [-0.25, -0.2) is 0 Å². The van der Waals surface area contributed by atoms with E-state index in [2.05, 4.69) is 5.32 Å². The van der Waals surface area contributed by atoms with Gasteiger partial charge in [-0.1, -0.05) is 19.9 Å². The Morgan fingerprint density at radius 2 is 2.00 bits per heavy atom. The summed E-state index contributed by atoms with van der Waals surface area (Å²) in [5.41, 5.74) is 0.778. The monoisotopic (exact) mass is 253 g/mol. The first-order chi connectivity index (χ1) is 8.45. The lowest BCUT2D eigenvalue weighted by Crippen LogP contribution is -2.41. The Kier molecular flexibility index (Phi) is 4.97. The molecule has 1 unspecified atom stereocenters. The van der Waals surface area contributed by atoms with E-state index in [0.717, 1.165) is 5.56 Å². The summed E-state index contributed by atoms with van der Waals surface area (Å²) in [4.78, 5) is 11.5. The van der Waals surface area contributed by atoms with Crippen molar-refractivity contribution in [3.05, 3.63) is 23.8 Å². The van der Waals surface area contributed by atoms with Crippen LogP contribution in [0.15, 0.2) is 18.2 Å². The van der Waals surface area contributed by atoms with Crippen LogP contribution in [-0.4, -0.2) is 29.3 Å². The van der Waals surface area contributed by atoms with Crippen LogP contribution in [0.25, 0.3) is 0 Å². The molecule has 0 aliphatic carbocycles. The van der Waals surface area contributed by atoms with Gasteiger partial charge in [-0.15, -0.1) is 0 Å². The lowest BCUT2D eigenvalue weighted by Gasteiger charge is -2.19. The maximum absolute atomic E-state index is 11.5. The molecule has 0 amide bonds. The van der Waals surface area contributed by atoms with Crippen LogP contribution in [0.2, 0.25) is 0 Å². The maximum Gasteiger partial charge on any atom is 0.323 e. The van der Waals surface area contributed by atoms with Crippen molar-refractivity contribution in [2.45, 2.75) is 26.4 Å². The zero-order chi connectivity index (χ0) is 13.7. The average Bonchev–Trinajstić information content (AvgIpc) is 2.33. The van der Waals surface area contributed by atoms with Crippen LogP contribution < -0.4 is 5.32 Å².